The van der Waals surface area contributed by atoms with Gasteiger partial charge in [0.05, 0.1) is 0 Å². The first-order valence-electron chi connectivity index (χ1n) is 8.14. The summed E-state index contributed by atoms with van der Waals surface area (Å²) < 4.78 is 12.9. The van der Waals surface area contributed by atoms with Crippen LogP contribution in [0.3, 0.4) is 0 Å². The van der Waals surface area contributed by atoms with Crippen molar-refractivity contribution in [2.24, 2.45) is 0 Å². The van der Waals surface area contributed by atoms with E-state index in [9.17, 15) is 9.18 Å². The standard InChI is InChI=1S/C18H17ClFN5O/c1-2-16(18(26)21-11-12-3-9-15(20)10-4-12)25-23-17(22-24-25)13-5-7-14(19)8-6-13/h3-10,16H,2,11H2,1H3,(H,21,26). The van der Waals surface area contributed by atoms with E-state index in [-0.39, 0.29) is 11.7 Å². The van der Waals surface area contributed by atoms with E-state index >= 15 is 0 Å². The van der Waals surface area contributed by atoms with Gasteiger partial charge in [0.2, 0.25) is 11.7 Å². The van der Waals surface area contributed by atoms with Gasteiger partial charge in [-0.25, -0.2) is 4.39 Å². The molecule has 8 heteroatoms. The van der Waals surface area contributed by atoms with Crippen LogP contribution < -0.4 is 5.32 Å². The number of hydrogen-bond acceptors (Lipinski definition) is 4. The molecule has 134 valence electrons. The zero-order valence-corrected chi connectivity index (χ0v) is 14.8. The summed E-state index contributed by atoms with van der Waals surface area (Å²) in [5.74, 6) is -0.114. The van der Waals surface area contributed by atoms with Gasteiger partial charge in [0, 0.05) is 17.1 Å². The number of rotatable bonds is 6. The van der Waals surface area contributed by atoms with Crippen molar-refractivity contribution in [1.29, 1.82) is 0 Å². The Morgan fingerprint density at radius 3 is 2.54 bits per heavy atom. The third-order valence-corrected chi connectivity index (χ3v) is 4.13. The van der Waals surface area contributed by atoms with Crippen molar-refractivity contribution in [3.63, 3.8) is 0 Å². The summed E-state index contributed by atoms with van der Waals surface area (Å²) in [6.45, 7) is 2.17. The zero-order valence-electron chi connectivity index (χ0n) is 14.1. The van der Waals surface area contributed by atoms with E-state index in [1.54, 1.807) is 36.4 Å². The van der Waals surface area contributed by atoms with Crippen molar-refractivity contribution in [1.82, 2.24) is 25.5 Å². The Morgan fingerprint density at radius 2 is 1.88 bits per heavy atom. The molecule has 0 spiro atoms. The summed E-state index contributed by atoms with van der Waals surface area (Å²) in [7, 11) is 0. The van der Waals surface area contributed by atoms with E-state index < -0.39 is 6.04 Å². The first-order valence-corrected chi connectivity index (χ1v) is 8.52. The molecule has 0 bridgehead atoms. The molecule has 2 aromatic carbocycles. The summed E-state index contributed by atoms with van der Waals surface area (Å²) >= 11 is 5.88. The molecule has 1 atom stereocenters. The molecule has 26 heavy (non-hydrogen) atoms. The average Bonchev–Trinajstić information content (AvgIpc) is 3.12. The summed E-state index contributed by atoms with van der Waals surface area (Å²) in [4.78, 5) is 13.8. The monoisotopic (exact) mass is 373 g/mol. The highest BCUT2D eigenvalue weighted by molar-refractivity contribution is 6.30. The predicted octanol–water partition coefficient (Wildman–Crippen LogP) is 3.40. The molecule has 0 saturated heterocycles. The van der Waals surface area contributed by atoms with Crippen molar-refractivity contribution in [2.75, 3.05) is 0 Å². The minimum absolute atomic E-state index is 0.225. The van der Waals surface area contributed by atoms with Crippen LogP contribution in [0.1, 0.15) is 24.9 Å². The number of halogens is 2. The van der Waals surface area contributed by atoms with Gasteiger partial charge in [-0.05, 0) is 53.6 Å². The molecular weight excluding hydrogens is 357 g/mol. The van der Waals surface area contributed by atoms with Crippen molar-refractivity contribution in [3.8, 4) is 11.4 Å². The van der Waals surface area contributed by atoms with Gasteiger partial charge in [0.1, 0.15) is 5.82 Å². The van der Waals surface area contributed by atoms with Crippen molar-refractivity contribution < 1.29 is 9.18 Å². The third-order valence-electron chi connectivity index (χ3n) is 3.88. The number of benzene rings is 2. The van der Waals surface area contributed by atoms with Crippen LogP contribution in [-0.4, -0.2) is 26.1 Å². The first kappa shape index (κ1) is 18.0. The Hall–Kier alpha value is -2.80. The second-order valence-corrected chi connectivity index (χ2v) is 6.15. The second kappa shape index (κ2) is 8.05. The van der Waals surface area contributed by atoms with E-state index in [2.05, 4.69) is 20.7 Å². The van der Waals surface area contributed by atoms with Gasteiger partial charge in [-0.3, -0.25) is 4.79 Å². The van der Waals surface area contributed by atoms with Crippen molar-refractivity contribution in [3.05, 3.63) is 64.9 Å². The van der Waals surface area contributed by atoms with Crippen LogP contribution >= 0.6 is 11.6 Å². The number of amides is 1. The lowest BCUT2D eigenvalue weighted by atomic mass is 10.2. The fourth-order valence-electron chi connectivity index (χ4n) is 2.43. The molecule has 3 aromatic rings. The normalized spacial score (nSPS) is 12.0. The first-order chi connectivity index (χ1) is 12.6. The van der Waals surface area contributed by atoms with Gasteiger partial charge >= 0.3 is 0 Å². The number of aromatic nitrogens is 4. The molecule has 0 aliphatic rings. The summed E-state index contributed by atoms with van der Waals surface area (Å²) in [6.07, 6.45) is 0.506. The maximum absolute atomic E-state index is 12.9. The van der Waals surface area contributed by atoms with Gasteiger partial charge in [0.25, 0.3) is 0 Å². The van der Waals surface area contributed by atoms with E-state index in [1.807, 2.05) is 6.92 Å². The van der Waals surface area contributed by atoms with Gasteiger partial charge in [-0.1, -0.05) is 30.7 Å². The number of hydrogen-bond donors (Lipinski definition) is 1. The molecule has 1 aromatic heterocycles. The summed E-state index contributed by atoms with van der Waals surface area (Å²) in [5, 5.41) is 15.8. The molecule has 1 N–H and O–H groups in total. The van der Waals surface area contributed by atoms with Crippen LogP contribution in [-0.2, 0) is 11.3 Å². The number of nitrogens with one attached hydrogen (secondary N) is 1. The quantitative estimate of drug-likeness (QED) is 0.718. The average molecular weight is 374 g/mol. The van der Waals surface area contributed by atoms with Gasteiger partial charge in [-0.2, -0.15) is 4.80 Å². The Labute approximate surface area is 155 Å². The molecule has 0 aliphatic carbocycles. The maximum atomic E-state index is 12.9. The largest absolute Gasteiger partial charge is 0.350 e. The number of carbonyl (C=O) groups excluding carboxylic acids is 1. The van der Waals surface area contributed by atoms with E-state index in [0.717, 1.165) is 11.1 Å². The number of carbonyl (C=O) groups is 1. The second-order valence-electron chi connectivity index (χ2n) is 5.71. The topological polar surface area (TPSA) is 72.7 Å². The van der Waals surface area contributed by atoms with Gasteiger partial charge in [0.15, 0.2) is 6.04 Å². The Bertz CT molecular complexity index is 879. The minimum atomic E-state index is -0.580. The van der Waals surface area contributed by atoms with Crippen LogP contribution in [0.4, 0.5) is 4.39 Å². The summed E-state index contributed by atoms with van der Waals surface area (Å²) in [5.41, 5.74) is 1.57. The smallest absolute Gasteiger partial charge is 0.247 e. The number of nitrogens with zero attached hydrogens (tertiary/aromatic N) is 4. The molecule has 1 amide bonds. The molecule has 0 fully saturated rings. The molecule has 0 aliphatic heterocycles. The fraction of sp³-hybridized carbons (Fsp3) is 0.222. The predicted molar refractivity (Wildman–Crippen MR) is 95.8 cm³/mol. The zero-order chi connectivity index (χ0) is 18.5. The fourth-order valence-corrected chi connectivity index (χ4v) is 2.56. The number of tetrazole rings is 1. The van der Waals surface area contributed by atoms with Crippen LogP contribution in [0.5, 0.6) is 0 Å². The highest BCUT2D eigenvalue weighted by Gasteiger charge is 2.21. The van der Waals surface area contributed by atoms with E-state index in [4.69, 9.17) is 11.6 Å². The van der Waals surface area contributed by atoms with Crippen LogP contribution in [0, 0.1) is 5.82 Å². The lowest BCUT2D eigenvalue weighted by Gasteiger charge is -2.13. The highest BCUT2D eigenvalue weighted by Crippen LogP contribution is 2.18. The van der Waals surface area contributed by atoms with Gasteiger partial charge < -0.3 is 5.32 Å². The maximum Gasteiger partial charge on any atom is 0.247 e. The Morgan fingerprint density at radius 1 is 1.19 bits per heavy atom. The molecule has 0 saturated carbocycles. The van der Waals surface area contributed by atoms with E-state index in [0.29, 0.717) is 23.8 Å². The minimum Gasteiger partial charge on any atom is -0.350 e. The Kier molecular flexibility index (Phi) is 5.58. The van der Waals surface area contributed by atoms with Crippen LogP contribution in [0.2, 0.25) is 5.02 Å². The third kappa shape index (κ3) is 4.23. The molecule has 1 heterocycles. The molecule has 3 rings (SSSR count). The molecule has 6 nitrogen and oxygen atoms in total. The molecular formula is C18H17ClFN5O. The lowest BCUT2D eigenvalue weighted by Crippen LogP contribution is -2.33. The van der Waals surface area contributed by atoms with E-state index in [1.165, 1.54) is 16.9 Å². The summed E-state index contributed by atoms with van der Waals surface area (Å²) in [6, 6.07) is 12.5. The SMILES string of the molecule is CCC(C(=O)NCc1ccc(F)cc1)n1nnc(-c2ccc(Cl)cc2)n1. The highest BCUT2D eigenvalue weighted by atomic mass is 35.5. The van der Waals surface area contributed by atoms with Crippen LogP contribution in [0.15, 0.2) is 48.5 Å². The lowest BCUT2D eigenvalue weighted by molar-refractivity contribution is -0.125. The van der Waals surface area contributed by atoms with Crippen LogP contribution in [0.25, 0.3) is 11.4 Å². The Balaban J connectivity index is 1.68. The van der Waals surface area contributed by atoms with Crippen molar-refractivity contribution >= 4 is 17.5 Å². The molecule has 1 unspecified atom stereocenters. The molecule has 0 radical (unpaired) electrons. The van der Waals surface area contributed by atoms with Gasteiger partial charge in [-0.15, -0.1) is 10.2 Å². The van der Waals surface area contributed by atoms with Crippen molar-refractivity contribution in [2.45, 2.75) is 25.9 Å².